The fraction of sp³-hybridized carbons (Fsp3) is 0.308. The first-order valence-electron chi connectivity index (χ1n) is 5.81. The number of anilines is 2. The number of rotatable bonds is 5. The maximum absolute atomic E-state index is 5.60. The standard InChI is InChI=1S/C13H17N3OS/c1-9-10(2)18-13(16-9)15-7-8-17-12-5-3-11(14)4-6-12/h3-6H,7-8,14H2,1-2H3,(H,15,16). The predicted octanol–water partition coefficient (Wildman–Crippen LogP) is 2.83. The van der Waals surface area contributed by atoms with Crippen molar-refractivity contribution in [2.75, 3.05) is 24.2 Å². The molecule has 0 saturated carbocycles. The molecule has 0 spiro atoms. The van der Waals surface area contributed by atoms with Crippen LogP contribution in [0.15, 0.2) is 24.3 Å². The third-order valence-electron chi connectivity index (χ3n) is 2.56. The van der Waals surface area contributed by atoms with E-state index in [0.717, 1.165) is 28.8 Å². The summed E-state index contributed by atoms with van der Waals surface area (Å²) in [6, 6.07) is 7.40. The molecule has 0 amide bonds. The summed E-state index contributed by atoms with van der Waals surface area (Å²) in [5.41, 5.74) is 7.43. The molecule has 0 unspecified atom stereocenters. The minimum absolute atomic E-state index is 0.599. The largest absolute Gasteiger partial charge is 0.492 e. The zero-order chi connectivity index (χ0) is 13.0. The second-order valence-corrected chi connectivity index (χ2v) is 5.21. The van der Waals surface area contributed by atoms with E-state index in [2.05, 4.69) is 17.2 Å². The Kier molecular flexibility index (Phi) is 4.04. The van der Waals surface area contributed by atoms with E-state index in [1.165, 1.54) is 4.88 Å². The van der Waals surface area contributed by atoms with Crippen molar-refractivity contribution in [3.05, 3.63) is 34.8 Å². The van der Waals surface area contributed by atoms with Gasteiger partial charge < -0.3 is 15.8 Å². The molecule has 5 heteroatoms. The molecule has 0 atom stereocenters. The van der Waals surface area contributed by atoms with Crippen LogP contribution in [0.2, 0.25) is 0 Å². The maximum Gasteiger partial charge on any atom is 0.183 e. The Bertz CT molecular complexity index is 488. The van der Waals surface area contributed by atoms with Crippen LogP contribution in [0.5, 0.6) is 5.75 Å². The first-order valence-corrected chi connectivity index (χ1v) is 6.63. The molecule has 0 fully saturated rings. The van der Waals surface area contributed by atoms with Crippen LogP contribution in [-0.2, 0) is 0 Å². The van der Waals surface area contributed by atoms with Gasteiger partial charge in [-0.2, -0.15) is 0 Å². The molecule has 3 N–H and O–H groups in total. The highest BCUT2D eigenvalue weighted by Crippen LogP contribution is 2.20. The van der Waals surface area contributed by atoms with Crippen molar-refractivity contribution in [2.45, 2.75) is 13.8 Å². The normalized spacial score (nSPS) is 10.3. The maximum atomic E-state index is 5.60. The average Bonchev–Trinajstić information content (AvgIpc) is 2.67. The molecule has 1 aromatic heterocycles. The molecule has 18 heavy (non-hydrogen) atoms. The van der Waals surface area contributed by atoms with E-state index in [9.17, 15) is 0 Å². The summed E-state index contributed by atoms with van der Waals surface area (Å²) in [5.74, 6) is 0.831. The minimum atomic E-state index is 0.599. The van der Waals surface area contributed by atoms with Crippen LogP contribution in [0, 0.1) is 13.8 Å². The summed E-state index contributed by atoms with van der Waals surface area (Å²) < 4.78 is 5.58. The number of nitrogens with one attached hydrogen (secondary N) is 1. The lowest BCUT2D eigenvalue weighted by Gasteiger charge is -2.06. The first-order chi connectivity index (χ1) is 8.65. The van der Waals surface area contributed by atoms with Gasteiger partial charge in [-0.05, 0) is 38.1 Å². The van der Waals surface area contributed by atoms with E-state index >= 15 is 0 Å². The predicted molar refractivity (Wildman–Crippen MR) is 76.4 cm³/mol. The summed E-state index contributed by atoms with van der Waals surface area (Å²) in [4.78, 5) is 5.65. The van der Waals surface area contributed by atoms with Gasteiger partial charge in [-0.25, -0.2) is 4.98 Å². The highest BCUT2D eigenvalue weighted by Gasteiger charge is 2.02. The van der Waals surface area contributed by atoms with Crippen LogP contribution in [0.3, 0.4) is 0 Å². The van der Waals surface area contributed by atoms with Crippen LogP contribution >= 0.6 is 11.3 Å². The molecule has 0 aliphatic rings. The number of ether oxygens (including phenoxy) is 1. The van der Waals surface area contributed by atoms with Crippen molar-refractivity contribution in [1.82, 2.24) is 4.98 Å². The van der Waals surface area contributed by atoms with E-state index in [1.807, 2.05) is 31.2 Å². The van der Waals surface area contributed by atoms with Crippen molar-refractivity contribution < 1.29 is 4.74 Å². The highest BCUT2D eigenvalue weighted by atomic mass is 32.1. The van der Waals surface area contributed by atoms with Crippen molar-refractivity contribution in [1.29, 1.82) is 0 Å². The number of nitrogen functional groups attached to an aromatic ring is 1. The molecular weight excluding hydrogens is 246 g/mol. The fourth-order valence-electron chi connectivity index (χ4n) is 1.44. The molecule has 1 heterocycles. The van der Waals surface area contributed by atoms with Crippen LogP contribution in [0.4, 0.5) is 10.8 Å². The number of thiazole rings is 1. The molecule has 0 aliphatic carbocycles. The summed E-state index contributed by atoms with van der Waals surface area (Å²) >= 11 is 1.67. The highest BCUT2D eigenvalue weighted by molar-refractivity contribution is 7.15. The Hall–Kier alpha value is -1.75. The van der Waals surface area contributed by atoms with Gasteiger partial charge in [0.15, 0.2) is 5.13 Å². The molecule has 2 aromatic rings. The van der Waals surface area contributed by atoms with Gasteiger partial charge >= 0.3 is 0 Å². The van der Waals surface area contributed by atoms with Crippen LogP contribution in [0.1, 0.15) is 10.6 Å². The summed E-state index contributed by atoms with van der Waals surface area (Å²) in [5, 5.41) is 4.20. The number of hydrogen-bond donors (Lipinski definition) is 2. The van der Waals surface area contributed by atoms with Gasteiger partial charge in [-0.3, -0.25) is 0 Å². The molecule has 4 nitrogen and oxygen atoms in total. The van der Waals surface area contributed by atoms with Gasteiger partial charge in [0.25, 0.3) is 0 Å². The summed E-state index contributed by atoms with van der Waals surface area (Å²) in [7, 11) is 0. The van der Waals surface area contributed by atoms with Gasteiger partial charge in [0, 0.05) is 10.6 Å². The van der Waals surface area contributed by atoms with Gasteiger partial charge in [0.2, 0.25) is 0 Å². The first kappa shape index (κ1) is 12.7. The smallest absolute Gasteiger partial charge is 0.183 e. The molecule has 96 valence electrons. The third-order valence-corrected chi connectivity index (χ3v) is 3.59. The van der Waals surface area contributed by atoms with E-state index in [-0.39, 0.29) is 0 Å². The number of aromatic nitrogens is 1. The number of nitrogens with two attached hydrogens (primary N) is 1. The van der Waals surface area contributed by atoms with Crippen LogP contribution in [-0.4, -0.2) is 18.1 Å². The quantitative estimate of drug-likeness (QED) is 0.643. The van der Waals surface area contributed by atoms with E-state index in [1.54, 1.807) is 11.3 Å². The second-order valence-electron chi connectivity index (χ2n) is 4.00. The fourth-order valence-corrected chi connectivity index (χ4v) is 2.28. The van der Waals surface area contributed by atoms with Crippen LogP contribution < -0.4 is 15.8 Å². The molecule has 0 saturated heterocycles. The zero-order valence-corrected chi connectivity index (χ0v) is 11.4. The summed E-state index contributed by atoms with van der Waals surface area (Å²) in [6.07, 6.45) is 0. The molecule has 0 aliphatic heterocycles. The van der Waals surface area contributed by atoms with Gasteiger partial charge in [0.05, 0.1) is 12.2 Å². The Labute approximate surface area is 111 Å². The molecule has 0 bridgehead atoms. The number of aryl methyl sites for hydroxylation is 2. The van der Waals surface area contributed by atoms with Crippen molar-refractivity contribution in [2.24, 2.45) is 0 Å². The van der Waals surface area contributed by atoms with Gasteiger partial charge in [-0.1, -0.05) is 0 Å². The van der Waals surface area contributed by atoms with Gasteiger partial charge in [0.1, 0.15) is 12.4 Å². The SMILES string of the molecule is Cc1nc(NCCOc2ccc(N)cc2)sc1C. The lowest BCUT2D eigenvalue weighted by Crippen LogP contribution is -2.11. The lowest BCUT2D eigenvalue weighted by molar-refractivity contribution is 0.333. The zero-order valence-electron chi connectivity index (χ0n) is 10.6. The average molecular weight is 263 g/mol. The minimum Gasteiger partial charge on any atom is -0.492 e. The Morgan fingerprint density at radius 3 is 2.61 bits per heavy atom. The van der Waals surface area contributed by atoms with Crippen molar-refractivity contribution in [3.8, 4) is 5.75 Å². The topological polar surface area (TPSA) is 60.2 Å². The Balaban J connectivity index is 1.74. The second kappa shape index (κ2) is 5.73. The molecule has 2 rings (SSSR count). The van der Waals surface area contributed by atoms with E-state index in [4.69, 9.17) is 10.5 Å². The van der Waals surface area contributed by atoms with Gasteiger partial charge in [-0.15, -0.1) is 11.3 Å². The van der Waals surface area contributed by atoms with Crippen LogP contribution in [0.25, 0.3) is 0 Å². The number of hydrogen-bond acceptors (Lipinski definition) is 5. The number of nitrogens with zero attached hydrogens (tertiary/aromatic N) is 1. The van der Waals surface area contributed by atoms with E-state index in [0.29, 0.717) is 6.61 Å². The van der Waals surface area contributed by atoms with Crippen molar-refractivity contribution >= 4 is 22.2 Å². The Morgan fingerprint density at radius 2 is 2.00 bits per heavy atom. The molecular formula is C13H17N3OS. The Morgan fingerprint density at radius 1 is 1.28 bits per heavy atom. The summed E-state index contributed by atoms with van der Waals surface area (Å²) in [6.45, 7) is 5.42. The van der Waals surface area contributed by atoms with E-state index < -0.39 is 0 Å². The lowest BCUT2D eigenvalue weighted by atomic mass is 10.3. The molecule has 0 radical (unpaired) electrons. The molecule has 1 aromatic carbocycles. The monoisotopic (exact) mass is 263 g/mol. The third kappa shape index (κ3) is 3.37. The van der Waals surface area contributed by atoms with Crippen molar-refractivity contribution in [3.63, 3.8) is 0 Å². The number of benzene rings is 1.